The Morgan fingerprint density at radius 2 is 2.42 bits per heavy atom. The fraction of sp³-hybridized carbons (Fsp3) is 0.125. The standard InChI is InChI=1S/C8H5N3S/c1-2-12-7-3-5-4-9-11-8(5)10-6(1)7/h1,3-4H,2H2. The zero-order chi connectivity index (χ0) is 7.97. The van der Waals surface area contributed by atoms with E-state index >= 15 is 0 Å². The number of rotatable bonds is 0. The van der Waals surface area contributed by atoms with Crippen LogP contribution in [0, 0.1) is 0 Å². The summed E-state index contributed by atoms with van der Waals surface area (Å²) in [4.78, 5) is 5.61. The van der Waals surface area contributed by atoms with Gasteiger partial charge in [-0.05, 0) is 12.1 Å². The first kappa shape index (κ1) is 6.37. The van der Waals surface area contributed by atoms with Crippen LogP contribution in [0.2, 0.25) is 0 Å². The molecule has 3 heterocycles. The molecule has 2 aliphatic heterocycles. The zero-order valence-electron chi connectivity index (χ0n) is 6.19. The highest BCUT2D eigenvalue weighted by Crippen LogP contribution is 2.18. The third kappa shape index (κ3) is 0.754. The number of thioether (sulfide) groups is 1. The summed E-state index contributed by atoms with van der Waals surface area (Å²) in [5.74, 6) is 1.79. The highest BCUT2D eigenvalue weighted by molar-refractivity contribution is 7.99. The van der Waals surface area contributed by atoms with Crippen LogP contribution in [0.1, 0.15) is 0 Å². The van der Waals surface area contributed by atoms with Gasteiger partial charge in [0.15, 0.2) is 5.82 Å². The van der Waals surface area contributed by atoms with Crippen LogP contribution in [0.3, 0.4) is 0 Å². The molecular formula is C8H5N3S. The van der Waals surface area contributed by atoms with Crippen LogP contribution in [-0.4, -0.2) is 10.7 Å². The summed E-state index contributed by atoms with van der Waals surface area (Å²) in [5, 5.41) is 9.81. The van der Waals surface area contributed by atoms with Crippen molar-refractivity contribution in [2.24, 2.45) is 10.2 Å². The molecule has 1 aromatic heterocycles. The van der Waals surface area contributed by atoms with Crippen LogP contribution in [0.25, 0.3) is 12.3 Å². The molecule has 0 amide bonds. The van der Waals surface area contributed by atoms with Crippen LogP contribution in [0.4, 0.5) is 5.82 Å². The van der Waals surface area contributed by atoms with E-state index in [0.29, 0.717) is 0 Å². The lowest BCUT2D eigenvalue weighted by atomic mass is 10.3. The molecule has 0 radical (unpaired) electrons. The van der Waals surface area contributed by atoms with Gasteiger partial charge in [-0.15, -0.1) is 16.9 Å². The predicted molar refractivity (Wildman–Crippen MR) is 47.7 cm³/mol. The van der Waals surface area contributed by atoms with Crippen LogP contribution in [0.5, 0.6) is 0 Å². The minimum absolute atomic E-state index is 0.757. The van der Waals surface area contributed by atoms with Gasteiger partial charge >= 0.3 is 0 Å². The first-order chi connectivity index (χ1) is 5.93. The summed E-state index contributed by atoms with van der Waals surface area (Å²) in [6.07, 6.45) is 3.87. The van der Waals surface area contributed by atoms with Gasteiger partial charge < -0.3 is 0 Å². The highest BCUT2D eigenvalue weighted by atomic mass is 32.2. The third-order valence-corrected chi connectivity index (χ3v) is 2.86. The Labute approximate surface area is 72.9 Å². The van der Waals surface area contributed by atoms with Crippen LogP contribution >= 0.6 is 11.8 Å². The largest absolute Gasteiger partial charge is 0.226 e. The molecule has 3 rings (SSSR count). The highest BCUT2D eigenvalue weighted by Gasteiger charge is 2.08. The van der Waals surface area contributed by atoms with E-state index in [1.807, 2.05) is 11.8 Å². The number of hydrogen-bond acceptors (Lipinski definition) is 4. The van der Waals surface area contributed by atoms with Crippen LogP contribution in [0.15, 0.2) is 21.2 Å². The van der Waals surface area contributed by atoms with Crippen LogP contribution in [-0.2, 0) is 0 Å². The summed E-state index contributed by atoms with van der Waals surface area (Å²) in [6.45, 7) is 0. The smallest absolute Gasteiger partial charge is 0.183 e. The summed E-state index contributed by atoms with van der Waals surface area (Å²) in [6, 6.07) is 2.10. The molecule has 3 nitrogen and oxygen atoms in total. The second-order valence-corrected chi connectivity index (χ2v) is 3.71. The van der Waals surface area contributed by atoms with E-state index in [1.54, 1.807) is 6.20 Å². The van der Waals surface area contributed by atoms with Gasteiger partial charge in [0.25, 0.3) is 0 Å². The van der Waals surface area contributed by atoms with Gasteiger partial charge in [-0.3, -0.25) is 0 Å². The second kappa shape index (κ2) is 2.17. The van der Waals surface area contributed by atoms with Gasteiger partial charge in [-0.25, -0.2) is 4.98 Å². The molecule has 0 aliphatic carbocycles. The molecule has 2 aliphatic rings. The Hall–Kier alpha value is -1.16. The molecule has 0 fully saturated rings. The average molecular weight is 175 g/mol. The Morgan fingerprint density at radius 1 is 1.42 bits per heavy atom. The topological polar surface area (TPSA) is 37.6 Å². The Morgan fingerprint density at radius 3 is 3.42 bits per heavy atom. The normalized spacial score (nSPS) is 16.7. The minimum Gasteiger partial charge on any atom is -0.226 e. The van der Waals surface area contributed by atoms with E-state index in [1.165, 1.54) is 4.90 Å². The molecule has 0 N–H and O–H groups in total. The number of azo groups is 1. The first-order valence-corrected chi connectivity index (χ1v) is 4.67. The third-order valence-electron chi connectivity index (χ3n) is 1.89. The van der Waals surface area contributed by atoms with Crippen molar-refractivity contribution >= 4 is 29.9 Å². The lowest BCUT2D eigenvalue weighted by Gasteiger charge is -1.92. The molecule has 0 atom stereocenters. The lowest BCUT2D eigenvalue weighted by Crippen LogP contribution is -2.13. The van der Waals surface area contributed by atoms with Crippen molar-refractivity contribution in [2.45, 2.75) is 4.90 Å². The van der Waals surface area contributed by atoms with Crippen molar-refractivity contribution < 1.29 is 0 Å². The number of pyridine rings is 1. The molecule has 0 saturated carbocycles. The van der Waals surface area contributed by atoms with Crippen molar-refractivity contribution in [3.05, 3.63) is 16.6 Å². The van der Waals surface area contributed by atoms with Gasteiger partial charge in [0, 0.05) is 15.9 Å². The van der Waals surface area contributed by atoms with Gasteiger partial charge in [0.2, 0.25) is 0 Å². The Kier molecular flexibility index (Phi) is 1.15. The monoisotopic (exact) mass is 175 g/mol. The summed E-state index contributed by atoms with van der Waals surface area (Å²) >= 11 is 1.81. The summed E-state index contributed by atoms with van der Waals surface area (Å²) < 4.78 is 0. The maximum atomic E-state index is 4.37. The second-order valence-electron chi connectivity index (χ2n) is 2.64. The first-order valence-electron chi connectivity index (χ1n) is 3.68. The fourth-order valence-corrected chi connectivity index (χ4v) is 2.21. The maximum absolute atomic E-state index is 4.37. The van der Waals surface area contributed by atoms with Gasteiger partial charge in [-0.2, -0.15) is 5.11 Å². The van der Waals surface area contributed by atoms with Crippen molar-refractivity contribution in [3.63, 3.8) is 0 Å². The fourth-order valence-electron chi connectivity index (χ4n) is 1.31. The maximum Gasteiger partial charge on any atom is 0.183 e. The van der Waals surface area contributed by atoms with Crippen molar-refractivity contribution in [1.29, 1.82) is 0 Å². The molecule has 0 saturated heterocycles. The molecule has 4 heteroatoms. The number of hydrogen-bond donors (Lipinski definition) is 0. The van der Waals surface area contributed by atoms with Crippen LogP contribution < -0.4 is 10.6 Å². The molecule has 0 spiro atoms. The molecule has 0 bridgehead atoms. The van der Waals surface area contributed by atoms with Crippen molar-refractivity contribution in [2.75, 3.05) is 5.75 Å². The lowest BCUT2D eigenvalue weighted by molar-refractivity contribution is 1.12. The van der Waals surface area contributed by atoms with Gasteiger partial charge in [0.05, 0.1) is 11.5 Å². The van der Waals surface area contributed by atoms with Gasteiger partial charge in [-0.1, -0.05) is 0 Å². The van der Waals surface area contributed by atoms with Crippen molar-refractivity contribution in [1.82, 2.24) is 4.98 Å². The van der Waals surface area contributed by atoms with Gasteiger partial charge in [0.1, 0.15) is 0 Å². The summed E-state index contributed by atoms with van der Waals surface area (Å²) in [7, 11) is 0. The van der Waals surface area contributed by atoms with E-state index < -0.39 is 0 Å². The quantitative estimate of drug-likeness (QED) is 0.585. The Bertz CT molecular complexity index is 490. The minimum atomic E-state index is 0.757. The van der Waals surface area contributed by atoms with E-state index in [0.717, 1.165) is 22.1 Å². The number of fused-ring (bicyclic) bond motifs is 2. The number of aromatic nitrogens is 1. The molecule has 1 aromatic rings. The molecule has 0 unspecified atom stereocenters. The SMILES string of the molecule is C1=c2cc3c(nc2N=N1)=CCS3. The van der Waals surface area contributed by atoms with Crippen molar-refractivity contribution in [3.8, 4) is 0 Å². The average Bonchev–Trinajstić information content (AvgIpc) is 2.64. The predicted octanol–water partition coefficient (Wildman–Crippen LogP) is 0.803. The molecule has 12 heavy (non-hydrogen) atoms. The molecule has 0 aromatic carbocycles. The summed E-state index contributed by atoms with van der Waals surface area (Å²) in [5.41, 5.74) is 0. The van der Waals surface area contributed by atoms with E-state index in [2.05, 4.69) is 27.4 Å². The Balaban J connectivity index is 2.45. The number of nitrogens with zero attached hydrogens (tertiary/aromatic N) is 3. The van der Waals surface area contributed by atoms with E-state index in [-0.39, 0.29) is 0 Å². The van der Waals surface area contributed by atoms with E-state index in [9.17, 15) is 0 Å². The van der Waals surface area contributed by atoms with E-state index in [4.69, 9.17) is 0 Å². The molecular weight excluding hydrogens is 170 g/mol. The zero-order valence-corrected chi connectivity index (χ0v) is 7.01. The molecule has 58 valence electrons.